The van der Waals surface area contributed by atoms with Gasteiger partial charge in [0.25, 0.3) is 20.2 Å². The molecule has 0 bridgehead atoms. The van der Waals surface area contributed by atoms with Crippen LogP contribution in [0.15, 0.2) is 60.7 Å². The predicted molar refractivity (Wildman–Crippen MR) is 140 cm³/mol. The Morgan fingerprint density at radius 2 is 1.10 bits per heavy atom. The molecule has 0 aliphatic carbocycles. The van der Waals surface area contributed by atoms with Crippen LogP contribution < -0.4 is 10.6 Å². The molecule has 0 aliphatic heterocycles. The van der Waals surface area contributed by atoms with Crippen LogP contribution in [0, 0.1) is 0 Å². The minimum absolute atomic E-state index is 0.157. The average Bonchev–Trinajstić information content (AvgIpc) is 2.71. The van der Waals surface area contributed by atoms with E-state index in [1.807, 2.05) is 36.4 Å². The van der Waals surface area contributed by atoms with Crippen molar-refractivity contribution in [2.45, 2.75) is 4.58 Å². The Labute approximate surface area is 191 Å². The van der Waals surface area contributed by atoms with Crippen LogP contribution in [0.4, 0.5) is 0 Å². The summed E-state index contributed by atoms with van der Waals surface area (Å²) >= 11 is 0. The highest BCUT2D eigenvalue weighted by Crippen LogP contribution is 2.44. The fourth-order valence-electron chi connectivity index (χ4n) is 2.82. The summed E-state index contributed by atoms with van der Waals surface area (Å²) in [5, 5.41) is 2.29. The summed E-state index contributed by atoms with van der Waals surface area (Å²) < 4.78 is 63.2. The molecule has 31 heavy (non-hydrogen) atoms. The van der Waals surface area contributed by atoms with Gasteiger partial charge in [-0.2, -0.15) is 37.8 Å². The standard InChI is InChI=1S/C20H27O6PS4/c1-28(13-15-30(21,22)23)20(29(2)14-16-31(24,25)26)17-27(18-9-5-3-6-10-18)19-11-7-4-8-12-19/h3-12,20H,1-2,13-17H2,(H,21,22,23)(H,24,25,26). The fourth-order valence-corrected chi connectivity index (χ4v) is 13.5. The van der Waals surface area contributed by atoms with E-state index in [1.165, 1.54) is 0 Å². The second-order valence-corrected chi connectivity index (χ2v) is 16.6. The molecule has 0 aromatic heterocycles. The van der Waals surface area contributed by atoms with Gasteiger partial charge >= 0.3 is 0 Å². The monoisotopic (exact) mass is 522 g/mol. The molecule has 2 unspecified atom stereocenters. The van der Waals surface area contributed by atoms with Gasteiger partial charge in [-0.25, -0.2) is 0 Å². The fraction of sp³-hybridized carbons (Fsp3) is 0.300. The van der Waals surface area contributed by atoms with Gasteiger partial charge in [0.2, 0.25) is 0 Å². The second-order valence-electron chi connectivity index (χ2n) is 6.77. The van der Waals surface area contributed by atoms with Gasteiger partial charge in [-0.1, -0.05) is 72.4 Å². The van der Waals surface area contributed by atoms with Gasteiger partial charge in [0, 0.05) is 16.1 Å². The van der Waals surface area contributed by atoms with E-state index in [9.17, 15) is 16.8 Å². The van der Waals surface area contributed by atoms with Crippen LogP contribution in [0.5, 0.6) is 0 Å². The average molecular weight is 523 g/mol. The molecule has 2 N–H and O–H groups in total. The van der Waals surface area contributed by atoms with Gasteiger partial charge < -0.3 is 0 Å². The molecule has 0 heterocycles. The lowest BCUT2D eigenvalue weighted by molar-refractivity contribution is 0.483. The zero-order valence-electron chi connectivity index (χ0n) is 16.9. The molecule has 11 heteroatoms. The van der Waals surface area contributed by atoms with E-state index < -0.39 is 60.6 Å². The summed E-state index contributed by atoms with van der Waals surface area (Å²) in [5.41, 5.74) is 0. The van der Waals surface area contributed by atoms with Gasteiger partial charge in [-0.3, -0.25) is 9.11 Å². The third kappa shape index (κ3) is 9.65. The van der Waals surface area contributed by atoms with Crippen molar-refractivity contribution < 1.29 is 25.9 Å². The van der Waals surface area contributed by atoms with Crippen LogP contribution in [-0.4, -0.2) is 71.4 Å². The number of hydrogen-bond donors (Lipinski definition) is 2. The molecule has 2 atom stereocenters. The Morgan fingerprint density at radius 3 is 1.42 bits per heavy atom. The zero-order chi connectivity index (χ0) is 23.1. The maximum Gasteiger partial charge on any atom is 0.265 e. The molecular formula is C20H27O6PS4. The quantitative estimate of drug-likeness (QED) is 0.252. The number of rotatable bonds is 12. The highest BCUT2D eigenvalue weighted by molar-refractivity contribution is 8.31. The minimum atomic E-state index is -4.13. The van der Waals surface area contributed by atoms with Crippen molar-refractivity contribution in [2.24, 2.45) is 0 Å². The van der Waals surface area contributed by atoms with Crippen LogP contribution in [0.2, 0.25) is 0 Å². The zero-order valence-corrected chi connectivity index (χ0v) is 21.1. The van der Waals surface area contributed by atoms with Crippen molar-refractivity contribution >= 4 is 71.5 Å². The molecule has 0 spiro atoms. The lowest BCUT2D eigenvalue weighted by Crippen LogP contribution is -2.22. The van der Waals surface area contributed by atoms with E-state index in [2.05, 4.69) is 36.0 Å². The molecular weight excluding hydrogens is 495 g/mol. The molecule has 172 valence electrons. The smallest absolute Gasteiger partial charge is 0.265 e. The second kappa shape index (κ2) is 11.8. The summed E-state index contributed by atoms with van der Waals surface area (Å²) in [6.07, 6.45) is 0.652. The third-order valence-electron chi connectivity index (χ3n) is 4.42. The van der Waals surface area contributed by atoms with Gasteiger partial charge in [-0.15, -0.1) is 0 Å². The molecule has 0 fully saturated rings. The van der Waals surface area contributed by atoms with Crippen molar-refractivity contribution in [1.29, 1.82) is 0 Å². The van der Waals surface area contributed by atoms with E-state index in [-0.39, 0.29) is 16.1 Å². The van der Waals surface area contributed by atoms with Crippen LogP contribution in [0.3, 0.4) is 0 Å². The van der Waals surface area contributed by atoms with Crippen LogP contribution in [0.25, 0.3) is 0 Å². The van der Waals surface area contributed by atoms with Gasteiger partial charge in [-0.05, 0) is 24.7 Å². The Hall–Kier alpha value is -0.870. The maximum atomic E-state index is 11.3. The molecule has 0 saturated carbocycles. The molecule has 0 aliphatic rings. The Bertz CT molecular complexity index is 1020. The van der Waals surface area contributed by atoms with Crippen molar-refractivity contribution in [2.75, 3.05) is 29.2 Å². The minimum Gasteiger partial charge on any atom is -0.286 e. The molecule has 2 aromatic rings. The van der Waals surface area contributed by atoms with E-state index >= 15 is 0 Å². The first kappa shape index (κ1) is 26.4. The maximum absolute atomic E-state index is 11.3. The lowest BCUT2D eigenvalue weighted by Gasteiger charge is -2.29. The van der Waals surface area contributed by atoms with E-state index in [4.69, 9.17) is 9.11 Å². The van der Waals surface area contributed by atoms with Crippen molar-refractivity contribution in [1.82, 2.24) is 0 Å². The molecule has 2 rings (SSSR count). The normalized spacial score (nSPS) is 15.5. The largest absolute Gasteiger partial charge is 0.286 e. The highest BCUT2D eigenvalue weighted by Gasteiger charge is 2.24. The summed E-state index contributed by atoms with van der Waals surface area (Å²) in [4.78, 5) is 0. The summed E-state index contributed by atoms with van der Waals surface area (Å²) in [6.45, 7) is 0. The van der Waals surface area contributed by atoms with Crippen LogP contribution in [-0.2, 0) is 20.2 Å². The summed E-state index contributed by atoms with van der Waals surface area (Å²) in [7, 11) is -10.4. The molecule has 6 nitrogen and oxygen atoms in total. The molecule has 0 amide bonds. The third-order valence-corrected chi connectivity index (χ3v) is 14.4. The number of hydrogen-bond acceptors (Lipinski definition) is 4. The van der Waals surface area contributed by atoms with Crippen LogP contribution >= 0.6 is 28.9 Å². The van der Waals surface area contributed by atoms with Gasteiger partial charge in [0.05, 0.1) is 11.5 Å². The lowest BCUT2D eigenvalue weighted by atomic mass is 10.4. The highest BCUT2D eigenvalue weighted by atomic mass is 32.2. The summed E-state index contributed by atoms with van der Waals surface area (Å²) in [6, 6.07) is 19.9. The molecule has 2 aromatic carbocycles. The first-order valence-electron chi connectivity index (χ1n) is 9.23. The van der Waals surface area contributed by atoms with Crippen molar-refractivity contribution in [3.05, 3.63) is 60.7 Å². The summed E-state index contributed by atoms with van der Waals surface area (Å²) in [5.74, 6) is 7.86. The Balaban J connectivity index is 2.37. The van der Waals surface area contributed by atoms with E-state index in [0.717, 1.165) is 10.6 Å². The van der Waals surface area contributed by atoms with Crippen LogP contribution in [0.1, 0.15) is 0 Å². The molecule has 0 saturated heterocycles. The number of benzene rings is 2. The van der Waals surface area contributed by atoms with Gasteiger partial charge in [0.15, 0.2) is 0 Å². The van der Waals surface area contributed by atoms with E-state index in [1.54, 1.807) is 0 Å². The Morgan fingerprint density at radius 1 is 0.742 bits per heavy atom. The topological polar surface area (TPSA) is 109 Å². The predicted octanol–water partition coefficient (Wildman–Crippen LogP) is 2.62. The molecule has 0 radical (unpaired) electrons. The van der Waals surface area contributed by atoms with Crippen molar-refractivity contribution in [3.8, 4) is 0 Å². The van der Waals surface area contributed by atoms with Crippen molar-refractivity contribution in [3.63, 3.8) is 0 Å². The first-order chi connectivity index (χ1) is 14.5. The van der Waals surface area contributed by atoms with Gasteiger partial charge in [0.1, 0.15) is 0 Å². The Kier molecular flexibility index (Phi) is 10.1. The SMILES string of the molecule is C=S(CCS(=O)(=O)O)C(CP(c1ccccc1)c1ccccc1)S(=C)CCS(=O)(=O)O. The first-order valence-corrected chi connectivity index (χ1v) is 17.2. The van der Waals surface area contributed by atoms with E-state index in [0.29, 0.717) is 6.16 Å².